The van der Waals surface area contributed by atoms with Gasteiger partial charge >= 0.3 is 0 Å². The second kappa shape index (κ2) is 11.6. The molecule has 0 heterocycles. The smallest absolute Gasteiger partial charge is 0.209 e. The molecule has 0 bridgehead atoms. The van der Waals surface area contributed by atoms with Gasteiger partial charge in [0.2, 0.25) is 5.78 Å². The van der Waals surface area contributed by atoms with Gasteiger partial charge in [-0.1, -0.05) is 45.1 Å². The van der Waals surface area contributed by atoms with Crippen molar-refractivity contribution in [2.24, 2.45) is 0 Å². The number of hydrogen-bond acceptors (Lipinski definition) is 7. The van der Waals surface area contributed by atoms with E-state index in [1.54, 1.807) is 12.1 Å². The number of unbranched alkanes of at least 4 members (excludes halogenated alkanes) is 1. The fourth-order valence-corrected chi connectivity index (χ4v) is 3.27. The second-order valence-electron chi connectivity index (χ2n) is 7.79. The third kappa shape index (κ3) is 6.37. The molecule has 0 radical (unpaired) electrons. The maximum atomic E-state index is 13.0. The minimum absolute atomic E-state index is 0.165. The number of benzene rings is 1. The maximum Gasteiger partial charge on any atom is 0.209 e. The molecule has 0 aliphatic heterocycles. The second-order valence-corrected chi connectivity index (χ2v) is 7.79. The number of carbonyl (C=O) groups is 2. The zero-order chi connectivity index (χ0) is 23.0. The first-order valence-corrected chi connectivity index (χ1v) is 10.7. The van der Waals surface area contributed by atoms with E-state index in [4.69, 9.17) is 0 Å². The predicted octanol–water partition coefficient (Wildman–Crippen LogP) is 3.14. The first-order chi connectivity index (χ1) is 14.8. The number of hydrogen-bond donors (Lipinski definition) is 3. The highest BCUT2D eigenvalue weighted by Gasteiger charge is 2.32. The third-order valence-corrected chi connectivity index (χ3v) is 5.11. The van der Waals surface area contributed by atoms with E-state index in [1.807, 2.05) is 51.1 Å². The van der Waals surface area contributed by atoms with Crippen molar-refractivity contribution < 1.29 is 14.8 Å². The molecule has 1 aliphatic rings. The van der Waals surface area contributed by atoms with Gasteiger partial charge in [-0.05, 0) is 44.6 Å². The Balaban J connectivity index is 2.09. The molecular weight excluding hydrogens is 392 g/mol. The molecule has 7 heteroatoms. The van der Waals surface area contributed by atoms with E-state index in [0.717, 1.165) is 30.1 Å². The first-order valence-electron chi connectivity index (χ1n) is 10.7. The third-order valence-electron chi connectivity index (χ3n) is 5.11. The van der Waals surface area contributed by atoms with Crippen molar-refractivity contribution in [2.75, 3.05) is 32.4 Å². The van der Waals surface area contributed by atoms with Gasteiger partial charge in [0.05, 0.1) is 11.4 Å². The van der Waals surface area contributed by atoms with Crippen molar-refractivity contribution in [3.05, 3.63) is 64.9 Å². The molecule has 0 amide bonds. The molecular formula is C24H34N4O3. The topological polar surface area (TPSA) is 84.9 Å². The fraction of sp³-hybridized carbons (Fsp3) is 0.417. The van der Waals surface area contributed by atoms with Crippen LogP contribution in [0.15, 0.2) is 59.3 Å². The molecule has 0 aromatic heterocycles. The van der Waals surface area contributed by atoms with Crippen LogP contribution in [0, 0.1) is 0 Å². The molecule has 0 fully saturated rings. The number of nitrogens with one attached hydrogen (secondary N) is 2. The minimum Gasteiger partial charge on any atom is -0.377 e. The standard InChI is InChI=1S/C24H34N4O3/c1-6-8-9-21-17(3)23(29)20(7-2)22(24(21)30)25-16-18-10-12-19(13-11-18)28(31)26-14-15-27(4)5/h9-13,25-26,31H,3,6-8,14-16H2,1-2,4-5H3/b21-9+. The lowest BCUT2D eigenvalue weighted by atomic mass is 9.84. The Hall–Kier alpha value is -2.74. The molecule has 1 aliphatic carbocycles. The van der Waals surface area contributed by atoms with Gasteiger partial charge in [-0.25, -0.2) is 5.43 Å². The lowest BCUT2D eigenvalue weighted by Gasteiger charge is -2.23. The number of anilines is 1. The summed E-state index contributed by atoms with van der Waals surface area (Å²) in [4.78, 5) is 27.7. The summed E-state index contributed by atoms with van der Waals surface area (Å²) >= 11 is 0. The van der Waals surface area contributed by atoms with E-state index >= 15 is 0 Å². The summed E-state index contributed by atoms with van der Waals surface area (Å²) in [5.41, 5.74) is 5.98. The minimum atomic E-state index is -0.168. The molecule has 31 heavy (non-hydrogen) atoms. The molecule has 1 aromatic carbocycles. The lowest BCUT2D eigenvalue weighted by Crippen LogP contribution is -2.39. The van der Waals surface area contributed by atoms with Gasteiger partial charge in [0.15, 0.2) is 5.78 Å². The number of likely N-dealkylation sites (N-methyl/N-ethyl adjacent to an activating group) is 1. The number of carbonyl (C=O) groups excluding carboxylic acids is 2. The maximum absolute atomic E-state index is 13.0. The number of allylic oxidation sites excluding steroid dienone is 4. The van der Waals surface area contributed by atoms with Crippen molar-refractivity contribution in [2.45, 2.75) is 39.7 Å². The lowest BCUT2D eigenvalue weighted by molar-refractivity contribution is -0.117. The van der Waals surface area contributed by atoms with Crippen LogP contribution in [0.4, 0.5) is 5.69 Å². The van der Waals surface area contributed by atoms with Crippen LogP contribution in [0.5, 0.6) is 0 Å². The number of Topliss-reactive ketones (excluding diaryl/α,β-unsaturated/α-hetero) is 2. The molecule has 0 unspecified atom stereocenters. The zero-order valence-corrected chi connectivity index (χ0v) is 19.0. The summed E-state index contributed by atoms with van der Waals surface area (Å²) in [5, 5.41) is 14.3. The highest BCUT2D eigenvalue weighted by atomic mass is 16.5. The summed E-state index contributed by atoms with van der Waals surface area (Å²) in [6, 6.07) is 7.31. The van der Waals surface area contributed by atoms with Gasteiger partial charge in [0.1, 0.15) is 0 Å². The van der Waals surface area contributed by atoms with E-state index in [1.165, 1.54) is 0 Å². The molecule has 1 aromatic rings. The number of hydrazine groups is 1. The van der Waals surface area contributed by atoms with Crippen molar-refractivity contribution >= 4 is 17.3 Å². The highest BCUT2D eigenvalue weighted by Crippen LogP contribution is 2.28. The number of rotatable bonds is 11. The van der Waals surface area contributed by atoms with Crippen LogP contribution >= 0.6 is 0 Å². The molecule has 0 atom stereocenters. The van der Waals surface area contributed by atoms with Crippen LogP contribution in [0.1, 0.15) is 38.7 Å². The van der Waals surface area contributed by atoms with Crippen LogP contribution in [0.2, 0.25) is 0 Å². The van der Waals surface area contributed by atoms with Gasteiger partial charge in [0.25, 0.3) is 0 Å². The Bertz CT molecular complexity index is 869. The van der Waals surface area contributed by atoms with Gasteiger partial charge in [-0.3, -0.25) is 14.8 Å². The van der Waals surface area contributed by atoms with E-state index in [0.29, 0.717) is 42.0 Å². The number of ketones is 2. The molecule has 2 rings (SSSR count). The van der Waals surface area contributed by atoms with Crippen LogP contribution in [-0.4, -0.2) is 48.9 Å². The summed E-state index contributed by atoms with van der Waals surface area (Å²) in [6.07, 6.45) is 3.89. The monoisotopic (exact) mass is 426 g/mol. The van der Waals surface area contributed by atoms with Gasteiger partial charge in [-0.15, -0.1) is 0 Å². The Morgan fingerprint density at radius 1 is 1.10 bits per heavy atom. The van der Waals surface area contributed by atoms with E-state index in [9.17, 15) is 14.8 Å². The van der Waals surface area contributed by atoms with Gasteiger partial charge in [-0.2, -0.15) is 5.17 Å². The fourth-order valence-electron chi connectivity index (χ4n) is 3.27. The SMILES string of the molecule is C=C1C(=O)C(CC)=C(NCc2ccc(N(O)NCCN(C)C)cc2)C(=O)/C1=C/CCC. The summed E-state index contributed by atoms with van der Waals surface area (Å²) < 4.78 is 0. The Morgan fingerprint density at radius 3 is 2.35 bits per heavy atom. The normalized spacial score (nSPS) is 15.9. The largest absolute Gasteiger partial charge is 0.377 e. The molecule has 7 nitrogen and oxygen atoms in total. The number of nitrogens with zero attached hydrogens (tertiary/aromatic N) is 2. The Kier molecular flexibility index (Phi) is 9.18. The first kappa shape index (κ1) is 24.5. The summed E-state index contributed by atoms with van der Waals surface area (Å²) in [6.45, 7) is 9.53. The van der Waals surface area contributed by atoms with Crippen LogP contribution in [-0.2, 0) is 16.1 Å². The summed E-state index contributed by atoms with van der Waals surface area (Å²) in [7, 11) is 3.93. The van der Waals surface area contributed by atoms with E-state index in [-0.39, 0.29) is 17.1 Å². The van der Waals surface area contributed by atoms with Gasteiger partial charge in [0, 0.05) is 36.4 Å². The van der Waals surface area contributed by atoms with Crippen LogP contribution < -0.4 is 15.9 Å². The average Bonchev–Trinajstić information content (AvgIpc) is 2.75. The van der Waals surface area contributed by atoms with Crippen molar-refractivity contribution in [3.63, 3.8) is 0 Å². The van der Waals surface area contributed by atoms with Crippen molar-refractivity contribution in [1.29, 1.82) is 0 Å². The zero-order valence-electron chi connectivity index (χ0n) is 19.0. The summed E-state index contributed by atoms with van der Waals surface area (Å²) in [5.74, 6) is -0.333. The van der Waals surface area contributed by atoms with Crippen molar-refractivity contribution in [3.8, 4) is 0 Å². The Labute approximate surface area is 185 Å². The van der Waals surface area contributed by atoms with Crippen molar-refractivity contribution in [1.82, 2.24) is 15.6 Å². The molecule has 0 spiro atoms. The Morgan fingerprint density at radius 2 is 1.77 bits per heavy atom. The predicted molar refractivity (Wildman–Crippen MR) is 124 cm³/mol. The average molecular weight is 427 g/mol. The molecule has 0 saturated heterocycles. The van der Waals surface area contributed by atoms with E-state index < -0.39 is 0 Å². The quantitative estimate of drug-likeness (QED) is 0.370. The van der Waals surface area contributed by atoms with Crippen LogP contribution in [0.3, 0.4) is 0 Å². The molecule has 0 saturated carbocycles. The molecule has 168 valence electrons. The van der Waals surface area contributed by atoms with E-state index in [2.05, 4.69) is 17.3 Å². The van der Waals surface area contributed by atoms with Crippen LogP contribution in [0.25, 0.3) is 0 Å². The van der Waals surface area contributed by atoms with Gasteiger partial charge < -0.3 is 10.2 Å². The highest BCUT2D eigenvalue weighted by molar-refractivity contribution is 6.29. The molecule has 3 N–H and O–H groups in total.